The summed E-state index contributed by atoms with van der Waals surface area (Å²) in [7, 11) is 1.59. The van der Waals surface area contributed by atoms with Crippen LogP contribution in [-0.4, -0.2) is 40.9 Å². The van der Waals surface area contributed by atoms with Crippen LogP contribution in [0.3, 0.4) is 0 Å². The summed E-state index contributed by atoms with van der Waals surface area (Å²) in [6.07, 6.45) is 4.04. The Morgan fingerprint density at radius 3 is 2.58 bits per heavy atom. The van der Waals surface area contributed by atoms with E-state index in [-0.39, 0.29) is 23.8 Å². The number of thioether (sulfide) groups is 1. The first-order valence-electron chi connectivity index (χ1n) is 14.0. The third kappa shape index (κ3) is 5.84. The summed E-state index contributed by atoms with van der Waals surface area (Å²) < 4.78 is 12.2. The largest absolute Gasteiger partial charge is 0.497 e. The van der Waals surface area contributed by atoms with E-state index in [4.69, 9.17) is 14.5 Å². The molecule has 1 aliphatic carbocycles. The average molecular weight is 632 g/mol. The highest BCUT2D eigenvalue weighted by molar-refractivity contribution is 7.99. The number of benzene rings is 2. The Hall–Kier alpha value is -3.93. The molecule has 2 aromatic carbocycles. The van der Waals surface area contributed by atoms with Crippen molar-refractivity contribution in [2.75, 3.05) is 24.8 Å². The standard InChI is InChI=1S/C32H29N3O5S3/c1-3-40-31(38)27-23(19-13-15-21(39-2)16-14-19)17-41-28(27)33-25(36)18-42-32-34-29-26(22-11-7-8-12-24(22)43-29)30(37)35(32)20-9-5-4-6-10-20/h4-6,9-10,13-17H,3,7-8,11-12,18H2,1-2H3,(H,33,36). The van der Waals surface area contributed by atoms with E-state index in [0.29, 0.717) is 38.1 Å². The number of thiophene rings is 2. The molecular weight excluding hydrogens is 603 g/mol. The lowest BCUT2D eigenvalue weighted by Gasteiger charge is -2.14. The fraction of sp³-hybridized carbons (Fsp3) is 0.250. The Balaban J connectivity index is 1.30. The van der Waals surface area contributed by atoms with E-state index >= 15 is 0 Å². The van der Waals surface area contributed by atoms with Gasteiger partial charge in [0, 0.05) is 15.8 Å². The molecule has 43 heavy (non-hydrogen) atoms. The number of carbonyl (C=O) groups is 2. The van der Waals surface area contributed by atoms with Crippen LogP contribution in [0.4, 0.5) is 5.00 Å². The highest BCUT2D eigenvalue weighted by Crippen LogP contribution is 2.38. The Morgan fingerprint density at radius 2 is 1.84 bits per heavy atom. The Kier molecular flexibility index (Phi) is 8.64. The summed E-state index contributed by atoms with van der Waals surface area (Å²) in [6, 6.07) is 16.7. The predicted octanol–water partition coefficient (Wildman–Crippen LogP) is 6.97. The maximum atomic E-state index is 13.9. The van der Waals surface area contributed by atoms with Crippen molar-refractivity contribution >= 4 is 61.5 Å². The quantitative estimate of drug-likeness (QED) is 0.107. The van der Waals surface area contributed by atoms with Gasteiger partial charge in [-0.05, 0) is 68.0 Å². The number of aryl methyl sites for hydroxylation is 2. The molecule has 1 aliphatic rings. The van der Waals surface area contributed by atoms with Crippen LogP contribution in [0.25, 0.3) is 27.0 Å². The van der Waals surface area contributed by atoms with Crippen LogP contribution in [0, 0.1) is 0 Å². The Morgan fingerprint density at radius 1 is 1.07 bits per heavy atom. The van der Waals surface area contributed by atoms with Gasteiger partial charge in [-0.1, -0.05) is 42.1 Å². The van der Waals surface area contributed by atoms with Crippen LogP contribution < -0.4 is 15.6 Å². The molecule has 0 saturated heterocycles. The second kappa shape index (κ2) is 12.7. The molecule has 0 saturated carbocycles. The molecule has 0 aliphatic heterocycles. The number of carbonyl (C=O) groups excluding carboxylic acids is 2. The Bertz CT molecular complexity index is 1860. The van der Waals surface area contributed by atoms with Crippen LogP contribution >= 0.6 is 34.4 Å². The van der Waals surface area contributed by atoms with Crippen LogP contribution in [-0.2, 0) is 22.4 Å². The zero-order chi connectivity index (χ0) is 29.9. The number of esters is 1. The number of aromatic nitrogens is 2. The first-order chi connectivity index (χ1) is 21.0. The number of rotatable bonds is 9. The first kappa shape index (κ1) is 29.2. The third-order valence-electron chi connectivity index (χ3n) is 7.23. The molecule has 0 radical (unpaired) electrons. The normalized spacial score (nSPS) is 12.6. The Labute approximate surface area is 260 Å². The summed E-state index contributed by atoms with van der Waals surface area (Å²) >= 11 is 4.04. The summed E-state index contributed by atoms with van der Waals surface area (Å²) in [5.74, 6) is -0.137. The summed E-state index contributed by atoms with van der Waals surface area (Å²) in [5, 5.41) is 6.29. The minimum Gasteiger partial charge on any atom is -0.497 e. The molecule has 0 spiro atoms. The van der Waals surface area contributed by atoms with Gasteiger partial charge in [0.15, 0.2) is 5.16 Å². The van der Waals surface area contributed by atoms with E-state index in [1.54, 1.807) is 29.9 Å². The monoisotopic (exact) mass is 631 g/mol. The molecule has 8 nitrogen and oxygen atoms in total. The molecule has 3 heterocycles. The van der Waals surface area contributed by atoms with Gasteiger partial charge in [-0.2, -0.15) is 0 Å². The number of fused-ring (bicyclic) bond motifs is 3. The predicted molar refractivity (Wildman–Crippen MR) is 173 cm³/mol. The van der Waals surface area contributed by atoms with Crippen molar-refractivity contribution < 1.29 is 19.1 Å². The number of hydrogen-bond acceptors (Lipinski definition) is 9. The summed E-state index contributed by atoms with van der Waals surface area (Å²) in [5.41, 5.74) is 3.50. The molecule has 1 amide bonds. The molecule has 11 heteroatoms. The number of anilines is 1. The molecule has 6 rings (SSSR count). The SMILES string of the molecule is CCOC(=O)c1c(-c2ccc(OC)cc2)csc1NC(=O)CSc1nc2sc3c(c2c(=O)n1-c1ccccc1)CCCC3. The zero-order valence-electron chi connectivity index (χ0n) is 23.7. The molecule has 0 atom stereocenters. The smallest absolute Gasteiger partial charge is 0.341 e. The lowest BCUT2D eigenvalue weighted by atomic mass is 9.97. The maximum absolute atomic E-state index is 13.9. The molecular formula is C32H29N3O5S3. The van der Waals surface area contributed by atoms with Gasteiger partial charge in [0.25, 0.3) is 5.56 Å². The van der Waals surface area contributed by atoms with E-state index in [1.807, 2.05) is 60.0 Å². The molecule has 5 aromatic rings. The summed E-state index contributed by atoms with van der Waals surface area (Å²) in [6.45, 7) is 1.95. The molecule has 0 fully saturated rings. The maximum Gasteiger partial charge on any atom is 0.341 e. The molecule has 1 N–H and O–H groups in total. The van der Waals surface area contributed by atoms with Crippen LogP contribution in [0.2, 0.25) is 0 Å². The summed E-state index contributed by atoms with van der Waals surface area (Å²) in [4.78, 5) is 47.1. The third-order valence-corrected chi connectivity index (χ3v) is 10.2. The number of hydrogen-bond donors (Lipinski definition) is 1. The first-order valence-corrected chi connectivity index (χ1v) is 16.6. The van der Waals surface area contributed by atoms with Gasteiger partial charge in [0.05, 0.1) is 30.5 Å². The van der Waals surface area contributed by atoms with Crippen LogP contribution in [0.15, 0.2) is 69.9 Å². The number of amides is 1. The van der Waals surface area contributed by atoms with E-state index in [9.17, 15) is 14.4 Å². The number of ether oxygens (including phenoxy) is 2. The lowest BCUT2D eigenvalue weighted by Crippen LogP contribution is -2.23. The van der Waals surface area contributed by atoms with Gasteiger partial charge >= 0.3 is 5.97 Å². The topological polar surface area (TPSA) is 99.5 Å². The molecule has 0 bridgehead atoms. The second-order valence-electron chi connectivity index (χ2n) is 9.90. The van der Waals surface area contributed by atoms with Crippen molar-refractivity contribution in [3.8, 4) is 22.6 Å². The van der Waals surface area contributed by atoms with Gasteiger partial charge in [-0.15, -0.1) is 22.7 Å². The molecule has 220 valence electrons. The van der Waals surface area contributed by atoms with Crippen molar-refractivity contribution in [2.45, 2.75) is 37.8 Å². The second-order valence-corrected chi connectivity index (χ2v) is 12.8. The molecule has 0 unspecified atom stereocenters. The van der Waals surface area contributed by atoms with E-state index in [1.165, 1.54) is 28.0 Å². The van der Waals surface area contributed by atoms with Gasteiger partial charge in [-0.25, -0.2) is 9.78 Å². The van der Waals surface area contributed by atoms with Gasteiger partial charge in [0.1, 0.15) is 21.1 Å². The van der Waals surface area contributed by atoms with E-state index in [0.717, 1.165) is 41.6 Å². The van der Waals surface area contributed by atoms with Crippen molar-refractivity contribution in [3.05, 3.63) is 86.3 Å². The fourth-order valence-electron chi connectivity index (χ4n) is 5.22. The van der Waals surface area contributed by atoms with Gasteiger partial charge in [0.2, 0.25) is 5.91 Å². The van der Waals surface area contributed by atoms with Crippen molar-refractivity contribution in [1.82, 2.24) is 9.55 Å². The van der Waals surface area contributed by atoms with Crippen molar-refractivity contribution in [1.29, 1.82) is 0 Å². The highest BCUT2D eigenvalue weighted by Gasteiger charge is 2.25. The number of methoxy groups -OCH3 is 1. The lowest BCUT2D eigenvalue weighted by molar-refractivity contribution is -0.113. The van der Waals surface area contributed by atoms with Crippen molar-refractivity contribution in [3.63, 3.8) is 0 Å². The number of nitrogens with zero attached hydrogens (tertiary/aromatic N) is 2. The average Bonchev–Trinajstić information content (AvgIpc) is 3.62. The van der Waals surface area contributed by atoms with E-state index in [2.05, 4.69) is 5.32 Å². The minimum atomic E-state index is -0.510. The fourth-order valence-corrected chi connectivity index (χ4v) is 8.31. The number of para-hydroxylation sites is 1. The zero-order valence-corrected chi connectivity index (χ0v) is 26.1. The van der Waals surface area contributed by atoms with Gasteiger partial charge in [-0.3, -0.25) is 14.2 Å². The van der Waals surface area contributed by atoms with E-state index < -0.39 is 5.97 Å². The van der Waals surface area contributed by atoms with Gasteiger partial charge < -0.3 is 14.8 Å². The van der Waals surface area contributed by atoms with Crippen LogP contribution in [0.5, 0.6) is 5.75 Å². The van der Waals surface area contributed by atoms with Crippen LogP contribution in [0.1, 0.15) is 40.6 Å². The van der Waals surface area contributed by atoms with Crippen molar-refractivity contribution in [2.24, 2.45) is 0 Å². The minimum absolute atomic E-state index is 0.00605. The highest BCUT2D eigenvalue weighted by atomic mass is 32.2. The molecule has 3 aromatic heterocycles. The number of nitrogens with one attached hydrogen (secondary N) is 1.